The average molecular weight is 306 g/mol. The SMILES string of the molecule is COc1ccc(CN(C)c2nn3cc(C)nc3s2)cc1F. The maximum atomic E-state index is 13.7. The molecule has 7 heteroatoms. The molecule has 0 aliphatic heterocycles. The van der Waals surface area contributed by atoms with Crippen molar-refractivity contribution in [1.29, 1.82) is 0 Å². The van der Waals surface area contributed by atoms with Crippen molar-refractivity contribution in [2.45, 2.75) is 13.5 Å². The normalized spacial score (nSPS) is 11.0. The van der Waals surface area contributed by atoms with Crippen molar-refractivity contribution in [3.63, 3.8) is 0 Å². The van der Waals surface area contributed by atoms with Crippen LogP contribution in [0.15, 0.2) is 24.4 Å². The summed E-state index contributed by atoms with van der Waals surface area (Å²) in [6.45, 7) is 2.50. The van der Waals surface area contributed by atoms with E-state index in [2.05, 4.69) is 10.1 Å². The lowest BCUT2D eigenvalue weighted by molar-refractivity contribution is 0.386. The van der Waals surface area contributed by atoms with Crippen molar-refractivity contribution in [3.05, 3.63) is 41.5 Å². The van der Waals surface area contributed by atoms with Crippen LogP contribution in [-0.2, 0) is 6.54 Å². The van der Waals surface area contributed by atoms with Crippen LogP contribution in [-0.4, -0.2) is 28.8 Å². The molecule has 0 atom stereocenters. The van der Waals surface area contributed by atoms with Gasteiger partial charge in [-0.1, -0.05) is 17.4 Å². The second-order valence-corrected chi connectivity index (χ2v) is 5.75. The minimum Gasteiger partial charge on any atom is -0.494 e. The maximum Gasteiger partial charge on any atom is 0.214 e. The number of hydrogen-bond donors (Lipinski definition) is 0. The number of imidazole rings is 1. The van der Waals surface area contributed by atoms with Gasteiger partial charge in [0.05, 0.1) is 19.0 Å². The molecule has 0 N–H and O–H groups in total. The van der Waals surface area contributed by atoms with Crippen LogP contribution in [0.1, 0.15) is 11.3 Å². The molecule has 2 aromatic heterocycles. The minimum atomic E-state index is -0.354. The van der Waals surface area contributed by atoms with Crippen LogP contribution in [0, 0.1) is 12.7 Å². The van der Waals surface area contributed by atoms with Gasteiger partial charge in [0.15, 0.2) is 11.6 Å². The van der Waals surface area contributed by atoms with E-state index < -0.39 is 0 Å². The highest BCUT2D eigenvalue weighted by atomic mass is 32.1. The zero-order chi connectivity index (χ0) is 15.0. The quantitative estimate of drug-likeness (QED) is 0.743. The lowest BCUT2D eigenvalue weighted by Crippen LogP contribution is -2.16. The highest BCUT2D eigenvalue weighted by Crippen LogP contribution is 2.24. The second-order valence-electron chi connectivity index (χ2n) is 4.82. The molecule has 21 heavy (non-hydrogen) atoms. The van der Waals surface area contributed by atoms with Crippen LogP contribution in [0.5, 0.6) is 5.75 Å². The smallest absolute Gasteiger partial charge is 0.214 e. The number of fused-ring (bicyclic) bond motifs is 1. The summed E-state index contributed by atoms with van der Waals surface area (Å²) in [5.41, 5.74) is 1.81. The fourth-order valence-corrected chi connectivity index (χ4v) is 2.99. The molecule has 3 rings (SSSR count). The van der Waals surface area contributed by atoms with Gasteiger partial charge in [-0.25, -0.2) is 13.9 Å². The molecule has 1 aromatic carbocycles. The number of anilines is 1. The van der Waals surface area contributed by atoms with Gasteiger partial charge in [-0.15, -0.1) is 5.10 Å². The Morgan fingerprint density at radius 1 is 1.43 bits per heavy atom. The van der Waals surface area contributed by atoms with E-state index in [1.807, 2.05) is 31.1 Å². The van der Waals surface area contributed by atoms with Gasteiger partial charge in [0.1, 0.15) is 0 Å². The van der Waals surface area contributed by atoms with Crippen LogP contribution in [0.3, 0.4) is 0 Å². The molecule has 5 nitrogen and oxygen atoms in total. The molecule has 2 heterocycles. The molecule has 0 aliphatic carbocycles. The Morgan fingerprint density at radius 3 is 2.90 bits per heavy atom. The highest BCUT2D eigenvalue weighted by molar-refractivity contribution is 7.20. The molecule has 3 aromatic rings. The summed E-state index contributed by atoms with van der Waals surface area (Å²) >= 11 is 1.51. The first-order valence-electron chi connectivity index (χ1n) is 6.43. The molecule has 110 valence electrons. The van der Waals surface area contributed by atoms with Gasteiger partial charge in [-0.2, -0.15) is 0 Å². The van der Waals surface area contributed by atoms with Gasteiger partial charge in [0, 0.05) is 13.6 Å². The summed E-state index contributed by atoms with van der Waals surface area (Å²) in [5.74, 6) is -0.0995. The molecular weight excluding hydrogens is 291 g/mol. The summed E-state index contributed by atoms with van der Waals surface area (Å²) < 4.78 is 20.4. The van der Waals surface area contributed by atoms with E-state index >= 15 is 0 Å². The zero-order valence-electron chi connectivity index (χ0n) is 12.0. The molecule has 0 aliphatic rings. The summed E-state index contributed by atoms with van der Waals surface area (Å²) in [7, 11) is 3.38. The van der Waals surface area contributed by atoms with Crippen LogP contribution in [0.4, 0.5) is 9.52 Å². The Morgan fingerprint density at radius 2 is 2.24 bits per heavy atom. The number of halogens is 1. The van der Waals surface area contributed by atoms with Crippen molar-refractivity contribution in [2.75, 3.05) is 19.1 Å². The summed E-state index contributed by atoms with van der Waals surface area (Å²) in [6.07, 6.45) is 1.89. The molecular formula is C14H15FN4OS. The third kappa shape index (κ3) is 2.69. The van der Waals surface area contributed by atoms with E-state index in [4.69, 9.17) is 4.74 Å². The van der Waals surface area contributed by atoms with Gasteiger partial charge < -0.3 is 9.64 Å². The Balaban J connectivity index is 1.80. The van der Waals surface area contributed by atoms with E-state index in [1.165, 1.54) is 24.5 Å². The maximum absolute atomic E-state index is 13.7. The van der Waals surface area contributed by atoms with Gasteiger partial charge in [-0.05, 0) is 24.6 Å². The van der Waals surface area contributed by atoms with Crippen molar-refractivity contribution < 1.29 is 9.13 Å². The number of hydrogen-bond acceptors (Lipinski definition) is 5. The van der Waals surface area contributed by atoms with Crippen molar-refractivity contribution in [2.24, 2.45) is 0 Å². The van der Waals surface area contributed by atoms with Gasteiger partial charge in [0.2, 0.25) is 10.1 Å². The van der Waals surface area contributed by atoms with E-state index in [1.54, 1.807) is 10.6 Å². The summed E-state index contributed by atoms with van der Waals surface area (Å²) in [4.78, 5) is 7.20. The predicted molar refractivity (Wildman–Crippen MR) is 80.7 cm³/mol. The number of aryl methyl sites for hydroxylation is 1. The second kappa shape index (κ2) is 5.33. The monoisotopic (exact) mass is 306 g/mol. The van der Waals surface area contributed by atoms with Gasteiger partial charge in [-0.3, -0.25) is 0 Å². The number of aromatic nitrogens is 3. The molecule has 0 amide bonds. The lowest BCUT2D eigenvalue weighted by atomic mass is 10.2. The van der Waals surface area contributed by atoms with Gasteiger partial charge >= 0.3 is 0 Å². The van der Waals surface area contributed by atoms with E-state index in [9.17, 15) is 4.39 Å². The Kier molecular flexibility index (Phi) is 3.50. The number of benzene rings is 1. The van der Waals surface area contributed by atoms with Crippen molar-refractivity contribution >= 4 is 21.4 Å². The number of rotatable bonds is 4. The molecule has 0 saturated heterocycles. The standard InChI is InChI=1S/C14H15FN4OS/c1-9-7-19-13(16-9)21-14(17-19)18(2)8-10-4-5-12(20-3)11(15)6-10/h4-7H,8H2,1-3H3. The molecule has 0 saturated carbocycles. The first-order chi connectivity index (χ1) is 10.1. The molecule has 0 spiro atoms. The third-order valence-corrected chi connectivity index (χ3v) is 4.15. The first-order valence-corrected chi connectivity index (χ1v) is 7.25. The summed E-state index contributed by atoms with van der Waals surface area (Å²) in [5, 5.41) is 5.31. The lowest BCUT2D eigenvalue weighted by Gasteiger charge is -2.15. The molecule has 0 radical (unpaired) electrons. The van der Waals surface area contributed by atoms with Gasteiger partial charge in [0.25, 0.3) is 0 Å². The van der Waals surface area contributed by atoms with E-state index in [-0.39, 0.29) is 11.6 Å². The topological polar surface area (TPSA) is 42.7 Å². The fraction of sp³-hybridized carbons (Fsp3) is 0.286. The first kappa shape index (κ1) is 13.8. The molecule has 0 unspecified atom stereocenters. The summed E-state index contributed by atoms with van der Waals surface area (Å²) in [6, 6.07) is 4.97. The largest absolute Gasteiger partial charge is 0.494 e. The van der Waals surface area contributed by atoms with E-state index in [0.29, 0.717) is 6.54 Å². The number of nitrogens with zero attached hydrogens (tertiary/aromatic N) is 4. The molecule has 0 fully saturated rings. The zero-order valence-corrected chi connectivity index (χ0v) is 12.8. The highest BCUT2D eigenvalue weighted by Gasteiger charge is 2.12. The number of methoxy groups -OCH3 is 1. The molecule has 0 bridgehead atoms. The Bertz CT molecular complexity index is 751. The van der Waals surface area contributed by atoms with E-state index in [0.717, 1.165) is 21.3 Å². The average Bonchev–Trinajstić information content (AvgIpc) is 2.96. The minimum absolute atomic E-state index is 0.254. The van der Waals surface area contributed by atoms with Crippen molar-refractivity contribution in [3.8, 4) is 5.75 Å². The van der Waals surface area contributed by atoms with Crippen molar-refractivity contribution in [1.82, 2.24) is 14.6 Å². The van der Waals surface area contributed by atoms with Crippen LogP contribution < -0.4 is 9.64 Å². The number of ether oxygens (including phenoxy) is 1. The van der Waals surface area contributed by atoms with Crippen LogP contribution in [0.2, 0.25) is 0 Å². The Hall–Kier alpha value is -2.15. The Labute approximate surface area is 125 Å². The fourth-order valence-electron chi connectivity index (χ4n) is 2.10. The van der Waals surface area contributed by atoms with Crippen LogP contribution in [0.25, 0.3) is 4.96 Å². The van der Waals surface area contributed by atoms with Crippen LogP contribution >= 0.6 is 11.3 Å². The predicted octanol–water partition coefficient (Wildman–Crippen LogP) is 2.88. The third-order valence-electron chi connectivity index (χ3n) is 3.12.